The average molecular weight is 325 g/mol. The zero-order valence-electron chi connectivity index (χ0n) is 11.5. The van der Waals surface area contributed by atoms with Crippen molar-refractivity contribution >= 4 is 35.0 Å². The van der Waals surface area contributed by atoms with Gasteiger partial charge in [0.2, 0.25) is 0 Å². The highest BCUT2D eigenvalue weighted by atomic mass is 35.5. The Kier molecular flexibility index (Phi) is 7.38. The van der Waals surface area contributed by atoms with Crippen molar-refractivity contribution in [2.24, 2.45) is 5.73 Å². The number of primary amides is 1. The molecule has 0 aliphatic rings. The molecule has 0 heterocycles. The van der Waals surface area contributed by atoms with Gasteiger partial charge in [0.15, 0.2) is 0 Å². The fraction of sp³-hybridized carbons (Fsp3) is 0.200. The zero-order chi connectivity index (χ0) is 16.6. The summed E-state index contributed by atoms with van der Waals surface area (Å²) in [6, 6.07) is 4.64. The minimum atomic E-state index is -0.718. The van der Waals surface area contributed by atoms with Crippen LogP contribution in [0.3, 0.4) is 0 Å². The first-order chi connectivity index (χ1) is 9.61. The van der Waals surface area contributed by atoms with Crippen molar-refractivity contribution < 1.29 is 9.59 Å². The first-order valence-corrected chi connectivity index (χ1v) is 6.39. The monoisotopic (exact) mass is 324 g/mol. The number of hydrogen-bond acceptors (Lipinski definition) is 2. The smallest absolute Gasteiger partial charge is 0.293 e. The van der Waals surface area contributed by atoms with Gasteiger partial charge in [-0.1, -0.05) is 29.1 Å². The highest BCUT2D eigenvalue weighted by Gasteiger charge is 2.18. The number of terminal acetylenes is 2. The molecule has 0 aliphatic heterocycles. The number of carbonyl (C=O) groups is 2. The molecule has 0 unspecified atom stereocenters. The van der Waals surface area contributed by atoms with Crippen LogP contribution >= 0.6 is 23.2 Å². The highest BCUT2D eigenvalue weighted by Crippen LogP contribution is 2.19. The van der Waals surface area contributed by atoms with Crippen LogP contribution in [0.5, 0.6) is 0 Å². The third kappa shape index (κ3) is 7.89. The summed E-state index contributed by atoms with van der Waals surface area (Å²) in [6.07, 6.45) is 9.72. The second kappa shape index (κ2) is 8.21. The predicted molar refractivity (Wildman–Crippen MR) is 84.9 cm³/mol. The first kappa shape index (κ1) is 18.9. The number of nitrogens with one attached hydrogen (secondary N) is 1. The number of rotatable bonds is 2. The molecule has 0 spiro atoms. The number of hydrogen-bond donors (Lipinski definition) is 2. The van der Waals surface area contributed by atoms with Crippen LogP contribution in [0.2, 0.25) is 10.0 Å². The third-order valence-corrected chi connectivity index (χ3v) is 2.49. The molecule has 21 heavy (non-hydrogen) atoms. The van der Waals surface area contributed by atoms with E-state index in [0.717, 1.165) is 0 Å². The maximum absolute atomic E-state index is 11.8. The molecule has 1 rings (SSSR count). The van der Waals surface area contributed by atoms with E-state index in [1.807, 2.05) is 0 Å². The first-order valence-electron chi connectivity index (χ1n) is 5.63. The molecule has 110 valence electrons. The van der Waals surface area contributed by atoms with Gasteiger partial charge in [-0.15, -0.1) is 12.8 Å². The fourth-order valence-corrected chi connectivity index (χ4v) is 1.60. The maximum atomic E-state index is 11.8. The lowest BCUT2D eigenvalue weighted by Crippen LogP contribution is -2.42. The van der Waals surface area contributed by atoms with Crippen molar-refractivity contribution in [3.8, 4) is 24.7 Å². The molecule has 2 amide bonds. The minimum absolute atomic E-state index is 0.299. The molecule has 0 fully saturated rings. The van der Waals surface area contributed by atoms with Gasteiger partial charge in [0.05, 0.1) is 5.54 Å². The molecule has 1 aromatic carbocycles. The Hall–Kier alpha value is -2.14. The molecule has 6 heteroatoms. The second-order valence-corrected chi connectivity index (χ2v) is 5.26. The van der Waals surface area contributed by atoms with Crippen LogP contribution in [0.1, 0.15) is 24.2 Å². The maximum Gasteiger partial charge on any atom is 0.293 e. The zero-order valence-corrected chi connectivity index (χ0v) is 13.0. The van der Waals surface area contributed by atoms with Crippen LogP contribution in [0.25, 0.3) is 0 Å². The summed E-state index contributed by atoms with van der Waals surface area (Å²) in [4.78, 5) is 21.2. The van der Waals surface area contributed by atoms with E-state index in [2.05, 4.69) is 23.4 Å². The summed E-state index contributed by atoms with van der Waals surface area (Å²) in [5.41, 5.74) is 4.10. The predicted octanol–water partition coefficient (Wildman–Crippen LogP) is 2.24. The summed E-state index contributed by atoms with van der Waals surface area (Å²) in [7, 11) is 0. The van der Waals surface area contributed by atoms with Crippen molar-refractivity contribution in [1.82, 2.24) is 5.32 Å². The van der Waals surface area contributed by atoms with E-state index in [-0.39, 0.29) is 5.91 Å². The van der Waals surface area contributed by atoms with Gasteiger partial charge in [0, 0.05) is 15.6 Å². The van der Waals surface area contributed by atoms with E-state index in [1.165, 1.54) is 12.1 Å². The minimum Gasteiger partial charge on any atom is -0.359 e. The molecule has 0 bridgehead atoms. The Labute approximate surface area is 134 Å². The van der Waals surface area contributed by atoms with Gasteiger partial charge in [0.1, 0.15) is 0 Å². The van der Waals surface area contributed by atoms with E-state index in [4.69, 9.17) is 29.6 Å². The number of amides is 2. The molecule has 3 N–H and O–H groups in total. The van der Waals surface area contributed by atoms with Crippen LogP contribution in [0.15, 0.2) is 18.2 Å². The summed E-state index contributed by atoms with van der Waals surface area (Å²) < 4.78 is 0. The third-order valence-electron chi connectivity index (χ3n) is 2.05. The van der Waals surface area contributed by atoms with Gasteiger partial charge in [-0.2, -0.15) is 0 Å². The molecule has 0 aliphatic carbocycles. The molecular weight excluding hydrogens is 311 g/mol. The summed E-state index contributed by atoms with van der Waals surface area (Å²) in [6.45, 7) is 3.47. The molecule has 0 saturated carbocycles. The lowest BCUT2D eigenvalue weighted by molar-refractivity contribution is -0.112. The van der Waals surface area contributed by atoms with Crippen LogP contribution in [0.4, 0.5) is 0 Å². The SMILES string of the molecule is C#CC(C)(C)NC(=O)c1cc(Cl)cc(Cl)c1.C#CC(N)=O. The van der Waals surface area contributed by atoms with Crippen LogP contribution < -0.4 is 11.1 Å². The lowest BCUT2D eigenvalue weighted by atomic mass is 10.1. The summed E-state index contributed by atoms with van der Waals surface area (Å²) >= 11 is 11.6. The number of nitrogens with two attached hydrogens (primary N) is 1. The molecular formula is C15H14Cl2N2O2. The summed E-state index contributed by atoms with van der Waals surface area (Å²) in [5, 5.41) is 3.51. The van der Waals surface area contributed by atoms with Gasteiger partial charge in [-0.3, -0.25) is 9.59 Å². The number of halogens is 2. The van der Waals surface area contributed by atoms with Crippen molar-refractivity contribution in [3.05, 3.63) is 33.8 Å². The quantitative estimate of drug-likeness (QED) is 0.819. The molecule has 0 saturated heterocycles. The Balaban J connectivity index is 0.000000690. The van der Waals surface area contributed by atoms with Gasteiger partial charge in [-0.25, -0.2) is 0 Å². The van der Waals surface area contributed by atoms with E-state index in [1.54, 1.807) is 25.8 Å². The Bertz CT molecular complexity index is 605. The largest absolute Gasteiger partial charge is 0.359 e. The van der Waals surface area contributed by atoms with E-state index < -0.39 is 11.4 Å². The average Bonchev–Trinajstić information content (AvgIpc) is 2.37. The molecule has 4 nitrogen and oxygen atoms in total. The van der Waals surface area contributed by atoms with Gasteiger partial charge < -0.3 is 11.1 Å². The Morgan fingerprint density at radius 1 is 1.19 bits per heavy atom. The van der Waals surface area contributed by atoms with Crippen LogP contribution in [0, 0.1) is 24.7 Å². The van der Waals surface area contributed by atoms with Crippen LogP contribution in [-0.2, 0) is 4.79 Å². The second-order valence-electron chi connectivity index (χ2n) is 4.39. The molecule has 0 radical (unpaired) electrons. The van der Waals surface area contributed by atoms with Crippen molar-refractivity contribution in [2.75, 3.05) is 0 Å². The topological polar surface area (TPSA) is 72.2 Å². The molecule has 1 aromatic rings. The standard InChI is InChI=1S/C12H11Cl2NO.C3H3NO/c1-4-12(2,3)15-11(16)8-5-9(13)7-10(14)6-8;1-2-3(4)5/h1,5-7H,2-3H3,(H,15,16);1H,(H2,4,5). The number of benzene rings is 1. The Morgan fingerprint density at radius 2 is 1.62 bits per heavy atom. The van der Waals surface area contributed by atoms with Gasteiger partial charge in [0.25, 0.3) is 11.8 Å². The highest BCUT2D eigenvalue weighted by molar-refractivity contribution is 6.35. The van der Waals surface area contributed by atoms with E-state index >= 15 is 0 Å². The Morgan fingerprint density at radius 3 is 1.95 bits per heavy atom. The van der Waals surface area contributed by atoms with Crippen molar-refractivity contribution in [1.29, 1.82) is 0 Å². The lowest BCUT2D eigenvalue weighted by Gasteiger charge is -2.19. The number of carbonyl (C=O) groups excluding carboxylic acids is 2. The normalized spacial score (nSPS) is 9.43. The van der Waals surface area contributed by atoms with Crippen LogP contribution in [-0.4, -0.2) is 17.4 Å². The van der Waals surface area contributed by atoms with E-state index in [9.17, 15) is 9.59 Å². The van der Waals surface area contributed by atoms with Crippen molar-refractivity contribution in [2.45, 2.75) is 19.4 Å². The van der Waals surface area contributed by atoms with E-state index in [0.29, 0.717) is 15.6 Å². The summed E-state index contributed by atoms with van der Waals surface area (Å²) in [5.74, 6) is 3.12. The van der Waals surface area contributed by atoms with Gasteiger partial charge >= 0.3 is 0 Å². The van der Waals surface area contributed by atoms with Gasteiger partial charge in [-0.05, 0) is 38.0 Å². The van der Waals surface area contributed by atoms with Crippen molar-refractivity contribution in [3.63, 3.8) is 0 Å². The fourth-order valence-electron chi connectivity index (χ4n) is 1.08. The molecule has 0 aromatic heterocycles. The molecule has 0 atom stereocenters.